The van der Waals surface area contributed by atoms with E-state index < -0.39 is 4.92 Å². The molecule has 8 heteroatoms. The van der Waals surface area contributed by atoms with Crippen molar-refractivity contribution in [2.45, 2.75) is 6.54 Å². The summed E-state index contributed by atoms with van der Waals surface area (Å²) in [6.07, 6.45) is 3.38. The molecule has 0 radical (unpaired) electrons. The van der Waals surface area contributed by atoms with Crippen molar-refractivity contribution in [3.05, 3.63) is 40.5 Å². The number of aromatic amines is 1. The van der Waals surface area contributed by atoms with Crippen molar-refractivity contribution in [2.24, 2.45) is 0 Å². The Labute approximate surface area is 108 Å². The summed E-state index contributed by atoms with van der Waals surface area (Å²) in [6, 6.07) is 2.92. The van der Waals surface area contributed by atoms with Gasteiger partial charge in [0.2, 0.25) is 0 Å². The third-order valence-electron chi connectivity index (χ3n) is 2.84. The molecule has 3 rings (SSSR count). The number of ether oxygens (including phenoxy) is 1. The first-order chi connectivity index (χ1) is 9.24. The Morgan fingerprint density at radius 1 is 1.53 bits per heavy atom. The minimum Gasteiger partial charge on any atom is -0.486 e. The second-order valence-electron chi connectivity index (χ2n) is 4.08. The van der Waals surface area contributed by atoms with Crippen LogP contribution in [0.1, 0.15) is 5.69 Å². The van der Waals surface area contributed by atoms with Gasteiger partial charge in [0.1, 0.15) is 6.61 Å². The van der Waals surface area contributed by atoms with Crippen LogP contribution in [0.3, 0.4) is 0 Å². The Kier molecular flexibility index (Phi) is 2.75. The van der Waals surface area contributed by atoms with Crippen LogP contribution in [0.25, 0.3) is 0 Å². The highest BCUT2D eigenvalue weighted by molar-refractivity contribution is 5.56. The highest BCUT2D eigenvalue weighted by Gasteiger charge is 2.26. The molecule has 8 nitrogen and oxygen atoms in total. The summed E-state index contributed by atoms with van der Waals surface area (Å²) in [6.45, 7) is 1.68. The molecule has 0 unspecified atom stereocenters. The topological polar surface area (TPSA) is 97.2 Å². The van der Waals surface area contributed by atoms with E-state index in [0.717, 1.165) is 5.69 Å². The van der Waals surface area contributed by atoms with Crippen LogP contribution < -0.4 is 9.64 Å². The predicted molar refractivity (Wildman–Crippen MR) is 66.0 cm³/mol. The molecule has 0 fully saturated rings. The van der Waals surface area contributed by atoms with E-state index in [1.165, 1.54) is 6.07 Å². The number of rotatable bonds is 3. The van der Waals surface area contributed by atoms with Crippen LogP contribution in [-0.2, 0) is 6.54 Å². The summed E-state index contributed by atoms with van der Waals surface area (Å²) in [5.41, 5.74) is 0.848. The molecule has 0 saturated heterocycles. The number of fused-ring (bicyclic) bond motifs is 1. The first-order valence-electron chi connectivity index (χ1n) is 5.75. The smallest absolute Gasteiger partial charge is 0.366 e. The summed E-state index contributed by atoms with van der Waals surface area (Å²) in [5.74, 6) is 0.868. The van der Waals surface area contributed by atoms with E-state index in [0.29, 0.717) is 31.3 Å². The number of hydrogen-bond acceptors (Lipinski definition) is 6. The van der Waals surface area contributed by atoms with Gasteiger partial charge in [-0.3, -0.25) is 0 Å². The largest absolute Gasteiger partial charge is 0.486 e. The van der Waals surface area contributed by atoms with Crippen LogP contribution >= 0.6 is 0 Å². The number of H-pyrrole nitrogens is 1. The van der Waals surface area contributed by atoms with Crippen molar-refractivity contribution < 1.29 is 9.66 Å². The Bertz CT molecular complexity index is 598. The molecule has 0 saturated carbocycles. The minimum absolute atomic E-state index is 0.184. The molecular formula is C11H11N5O3. The highest BCUT2D eigenvalue weighted by Crippen LogP contribution is 2.32. The van der Waals surface area contributed by atoms with Gasteiger partial charge in [-0.05, 0) is 16.0 Å². The number of aromatic nitrogens is 3. The van der Waals surface area contributed by atoms with Crippen LogP contribution in [0.5, 0.6) is 5.75 Å². The van der Waals surface area contributed by atoms with Crippen molar-refractivity contribution in [1.82, 2.24) is 15.0 Å². The van der Waals surface area contributed by atoms with Crippen molar-refractivity contribution in [1.29, 1.82) is 0 Å². The quantitative estimate of drug-likeness (QED) is 0.656. The SMILES string of the molecule is O=[N+]([O-])c1ccc2c(n1)N(Cc1c[nH]cn1)CCO2. The van der Waals surface area contributed by atoms with Gasteiger partial charge in [0.05, 0.1) is 25.1 Å². The molecule has 0 spiro atoms. The maximum atomic E-state index is 10.8. The van der Waals surface area contributed by atoms with Gasteiger partial charge in [0.25, 0.3) is 5.82 Å². The normalized spacial score (nSPS) is 13.8. The molecule has 1 aliphatic rings. The van der Waals surface area contributed by atoms with Crippen molar-refractivity contribution >= 4 is 11.6 Å². The summed E-state index contributed by atoms with van der Waals surface area (Å²) in [7, 11) is 0. The Morgan fingerprint density at radius 3 is 3.16 bits per heavy atom. The number of nitro groups is 1. The molecule has 3 heterocycles. The predicted octanol–water partition coefficient (Wildman–Crippen LogP) is 1.11. The van der Waals surface area contributed by atoms with E-state index >= 15 is 0 Å². The lowest BCUT2D eigenvalue weighted by molar-refractivity contribution is -0.389. The van der Waals surface area contributed by atoms with Gasteiger partial charge in [-0.1, -0.05) is 0 Å². The first-order valence-corrected chi connectivity index (χ1v) is 5.75. The van der Waals surface area contributed by atoms with E-state index in [9.17, 15) is 10.1 Å². The molecule has 0 aliphatic carbocycles. The lowest BCUT2D eigenvalue weighted by Gasteiger charge is -2.26. The number of nitrogens with zero attached hydrogens (tertiary/aromatic N) is 4. The lowest BCUT2D eigenvalue weighted by atomic mass is 10.3. The molecule has 0 aromatic carbocycles. The van der Waals surface area contributed by atoms with Gasteiger partial charge in [0.15, 0.2) is 5.75 Å². The van der Waals surface area contributed by atoms with E-state index in [4.69, 9.17) is 4.74 Å². The van der Waals surface area contributed by atoms with Crippen LogP contribution in [0, 0.1) is 10.1 Å². The average Bonchev–Trinajstić information content (AvgIpc) is 2.91. The molecule has 2 aromatic heterocycles. The lowest BCUT2D eigenvalue weighted by Crippen LogP contribution is -2.33. The molecule has 19 heavy (non-hydrogen) atoms. The Hall–Kier alpha value is -2.64. The fraction of sp³-hybridized carbons (Fsp3) is 0.273. The van der Waals surface area contributed by atoms with Crippen molar-refractivity contribution in [3.63, 3.8) is 0 Å². The number of imidazole rings is 1. The molecule has 1 aliphatic heterocycles. The van der Waals surface area contributed by atoms with Crippen LogP contribution in [0.4, 0.5) is 11.6 Å². The van der Waals surface area contributed by atoms with Crippen molar-refractivity contribution in [3.8, 4) is 5.75 Å². The maximum absolute atomic E-state index is 10.8. The van der Waals surface area contributed by atoms with E-state index in [1.54, 1.807) is 18.6 Å². The van der Waals surface area contributed by atoms with Gasteiger partial charge in [-0.25, -0.2) is 4.98 Å². The summed E-state index contributed by atoms with van der Waals surface area (Å²) < 4.78 is 5.45. The minimum atomic E-state index is -0.512. The van der Waals surface area contributed by atoms with Crippen molar-refractivity contribution in [2.75, 3.05) is 18.1 Å². The van der Waals surface area contributed by atoms with Gasteiger partial charge in [-0.15, -0.1) is 0 Å². The van der Waals surface area contributed by atoms with Crippen LogP contribution in [0.2, 0.25) is 0 Å². The fourth-order valence-electron chi connectivity index (χ4n) is 1.97. The second kappa shape index (κ2) is 4.56. The van der Waals surface area contributed by atoms with Gasteiger partial charge in [0, 0.05) is 12.3 Å². The molecule has 0 atom stereocenters. The number of pyridine rings is 1. The Morgan fingerprint density at radius 2 is 2.42 bits per heavy atom. The molecule has 98 valence electrons. The number of hydrogen-bond donors (Lipinski definition) is 1. The summed E-state index contributed by atoms with van der Waals surface area (Å²) in [4.78, 5) is 23.2. The zero-order valence-corrected chi connectivity index (χ0v) is 9.94. The van der Waals surface area contributed by atoms with E-state index in [1.807, 2.05) is 4.90 Å². The summed E-state index contributed by atoms with van der Waals surface area (Å²) >= 11 is 0. The second-order valence-corrected chi connectivity index (χ2v) is 4.08. The molecule has 1 N–H and O–H groups in total. The van der Waals surface area contributed by atoms with Crippen LogP contribution in [-0.4, -0.2) is 33.0 Å². The highest BCUT2D eigenvalue weighted by atomic mass is 16.6. The maximum Gasteiger partial charge on any atom is 0.366 e. The van der Waals surface area contributed by atoms with Gasteiger partial charge >= 0.3 is 5.82 Å². The molecule has 0 amide bonds. The molecule has 2 aromatic rings. The molecule has 0 bridgehead atoms. The van der Waals surface area contributed by atoms with E-state index in [2.05, 4.69) is 15.0 Å². The zero-order valence-electron chi connectivity index (χ0n) is 9.94. The van der Waals surface area contributed by atoms with E-state index in [-0.39, 0.29) is 5.82 Å². The number of anilines is 1. The van der Waals surface area contributed by atoms with Gasteiger partial charge < -0.3 is 24.7 Å². The fourth-order valence-corrected chi connectivity index (χ4v) is 1.97. The average molecular weight is 261 g/mol. The Balaban J connectivity index is 1.93. The standard InChI is InChI=1S/C11H11N5O3/c17-16(18)10-2-1-9-11(14-10)15(3-4-19-9)6-8-5-12-7-13-8/h1-2,5,7H,3-4,6H2,(H,12,13). The third-order valence-corrected chi connectivity index (χ3v) is 2.84. The third kappa shape index (κ3) is 2.19. The first kappa shape index (κ1) is 11.5. The van der Waals surface area contributed by atoms with Crippen LogP contribution in [0.15, 0.2) is 24.7 Å². The monoisotopic (exact) mass is 261 g/mol. The molecular weight excluding hydrogens is 250 g/mol. The number of nitrogens with one attached hydrogen (secondary N) is 1. The van der Waals surface area contributed by atoms with Gasteiger partial charge in [-0.2, -0.15) is 0 Å². The summed E-state index contributed by atoms with van der Waals surface area (Å²) in [5, 5.41) is 10.8. The zero-order chi connectivity index (χ0) is 13.2.